The molecule has 0 fully saturated rings. The van der Waals surface area contributed by atoms with Crippen molar-refractivity contribution in [3.8, 4) is 5.75 Å². The molecule has 0 aliphatic rings. The molecule has 100 valence electrons. The van der Waals surface area contributed by atoms with Crippen LogP contribution in [0.3, 0.4) is 0 Å². The summed E-state index contributed by atoms with van der Waals surface area (Å²) in [6, 6.07) is 16.3. The van der Waals surface area contributed by atoms with Crippen LogP contribution in [-0.2, 0) is 0 Å². The largest absolute Gasteiger partial charge is 0.508 e. The molecule has 19 heavy (non-hydrogen) atoms. The van der Waals surface area contributed by atoms with Gasteiger partial charge in [-0.3, -0.25) is 0 Å². The Balaban J connectivity index is 2.38. The molecule has 2 aromatic carbocycles. The minimum Gasteiger partial charge on any atom is -0.508 e. The van der Waals surface area contributed by atoms with Gasteiger partial charge < -0.3 is 5.11 Å². The Bertz CT molecular complexity index is 531. The molecule has 2 rings (SSSR count). The van der Waals surface area contributed by atoms with E-state index in [1.807, 2.05) is 30.3 Å². The van der Waals surface area contributed by atoms with Gasteiger partial charge in [-0.1, -0.05) is 63.2 Å². The Morgan fingerprint density at radius 3 is 2.26 bits per heavy atom. The van der Waals surface area contributed by atoms with E-state index in [9.17, 15) is 5.11 Å². The zero-order valence-corrected chi connectivity index (χ0v) is 11.9. The lowest BCUT2D eigenvalue weighted by molar-refractivity contribution is 0.465. The minimum absolute atomic E-state index is 0.213. The summed E-state index contributed by atoms with van der Waals surface area (Å²) in [6.07, 6.45) is 1.12. The van der Waals surface area contributed by atoms with E-state index in [4.69, 9.17) is 0 Å². The van der Waals surface area contributed by atoms with E-state index in [0.717, 1.165) is 12.0 Å². The standard InChI is InChI=1S/C18H22O/c1-4-13(2)16-10-11-18(19)17(12-16)14(3)15-8-6-5-7-9-15/h5-14,19H,4H2,1-3H3/t13-,14-/m1/s1. The van der Waals surface area contributed by atoms with Crippen LogP contribution >= 0.6 is 0 Å². The van der Waals surface area contributed by atoms with Crippen LogP contribution in [0.1, 0.15) is 55.7 Å². The highest BCUT2D eigenvalue weighted by Crippen LogP contribution is 2.33. The van der Waals surface area contributed by atoms with Crippen LogP contribution in [0.5, 0.6) is 5.75 Å². The summed E-state index contributed by atoms with van der Waals surface area (Å²) in [6.45, 7) is 6.56. The van der Waals surface area contributed by atoms with Crippen molar-refractivity contribution >= 4 is 0 Å². The highest BCUT2D eigenvalue weighted by atomic mass is 16.3. The fourth-order valence-electron chi connectivity index (χ4n) is 2.38. The minimum atomic E-state index is 0.213. The molecule has 1 heteroatoms. The number of hydrogen-bond donors (Lipinski definition) is 1. The van der Waals surface area contributed by atoms with Crippen LogP contribution < -0.4 is 0 Å². The molecular formula is C18H22O. The SMILES string of the molecule is CC[C@@H](C)c1ccc(O)c([C@H](C)c2ccccc2)c1. The van der Waals surface area contributed by atoms with Gasteiger partial charge in [-0.05, 0) is 29.5 Å². The van der Waals surface area contributed by atoms with Crippen molar-refractivity contribution in [1.29, 1.82) is 0 Å². The van der Waals surface area contributed by atoms with E-state index >= 15 is 0 Å². The van der Waals surface area contributed by atoms with Crippen molar-refractivity contribution in [2.45, 2.75) is 39.0 Å². The smallest absolute Gasteiger partial charge is 0.119 e. The number of phenols is 1. The van der Waals surface area contributed by atoms with Crippen molar-refractivity contribution in [1.82, 2.24) is 0 Å². The Morgan fingerprint density at radius 2 is 1.63 bits per heavy atom. The maximum absolute atomic E-state index is 10.1. The van der Waals surface area contributed by atoms with E-state index in [2.05, 4.69) is 39.0 Å². The number of rotatable bonds is 4. The van der Waals surface area contributed by atoms with Crippen molar-refractivity contribution in [3.05, 3.63) is 65.2 Å². The van der Waals surface area contributed by atoms with E-state index < -0.39 is 0 Å². The number of aromatic hydroxyl groups is 1. The first-order chi connectivity index (χ1) is 9.13. The first-order valence-corrected chi connectivity index (χ1v) is 7.01. The number of benzene rings is 2. The normalized spacial score (nSPS) is 14.1. The Hall–Kier alpha value is -1.76. The van der Waals surface area contributed by atoms with Gasteiger partial charge in [0.25, 0.3) is 0 Å². The highest BCUT2D eigenvalue weighted by molar-refractivity contribution is 5.43. The molecule has 0 amide bonds. The van der Waals surface area contributed by atoms with Crippen LogP contribution in [0.25, 0.3) is 0 Å². The topological polar surface area (TPSA) is 20.2 Å². The molecule has 0 saturated heterocycles. The Kier molecular flexibility index (Phi) is 4.26. The summed E-state index contributed by atoms with van der Waals surface area (Å²) in [5.41, 5.74) is 3.56. The predicted octanol–water partition coefficient (Wildman–Crippen LogP) is 5.06. The average Bonchev–Trinajstić information content (AvgIpc) is 2.47. The van der Waals surface area contributed by atoms with E-state index in [1.165, 1.54) is 11.1 Å². The lowest BCUT2D eigenvalue weighted by Gasteiger charge is -2.17. The summed E-state index contributed by atoms with van der Waals surface area (Å²) < 4.78 is 0. The quantitative estimate of drug-likeness (QED) is 0.808. The fourth-order valence-corrected chi connectivity index (χ4v) is 2.38. The third-order valence-electron chi connectivity index (χ3n) is 4.00. The maximum Gasteiger partial charge on any atom is 0.119 e. The van der Waals surface area contributed by atoms with E-state index in [-0.39, 0.29) is 5.92 Å². The average molecular weight is 254 g/mol. The summed E-state index contributed by atoms with van der Waals surface area (Å²) in [5.74, 6) is 1.14. The molecule has 2 atom stereocenters. The van der Waals surface area contributed by atoms with Crippen molar-refractivity contribution in [2.24, 2.45) is 0 Å². The zero-order valence-electron chi connectivity index (χ0n) is 11.9. The lowest BCUT2D eigenvalue weighted by Crippen LogP contribution is -1.99. The van der Waals surface area contributed by atoms with Gasteiger partial charge in [0.1, 0.15) is 5.75 Å². The molecule has 1 N–H and O–H groups in total. The maximum atomic E-state index is 10.1. The third-order valence-corrected chi connectivity index (χ3v) is 4.00. The fraction of sp³-hybridized carbons (Fsp3) is 0.333. The van der Waals surface area contributed by atoms with Gasteiger partial charge in [0, 0.05) is 11.5 Å². The van der Waals surface area contributed by atoms with Gasteiger partial charge in [0.15, 0.2) is 0 Å². The van der Waals surface area contributed by atoms with Crippen molar-refractivity contribution < 1.29 is 5.11 Å². The zero-order chi connectivity index (χ0) is 13.8. The number of phenolic OH excluding ortho intramolecular Hbond substituents is 1. The molecule has 0 aliphatic heterocycles. The lowest BCUT2D eigenvalue weighted by atomic mass is 9.88. The first kappa shape index (κ1) is 13.7. The molecule has 0 bridgehead atoms. The molecule has 0 spiro atoms. The van der Waals surface area contributed by atoms with Crippen LogP contribution in [-0.4, -0.2) is 5.11 Å². The van der Waals surface area contributed by atoms with Gasteiger partial charge in [0.2, 0.25) is 0 Å². The third kappa shape index (κ3) is 2.98. The molecule has 0 saturated carbocycles. The van der Waals surface area contributed by atoms with Crippen molar-refractivity contribution in [2.75, 3.05) is 0 Å². The molecule has 1 nitrogen and oxygen atoms in total. The van der Waals surface area contributed by atoms with E-state index in [0.29, 0.717) is 11.7 Å². The van der Waals surface area contributed by atoms with Gasteiger partial charge in [-0.25, -0.2) is 0 Å². The van der Waals surface area contributed by atoms with Gasteiger partial charge in [0.05, 0.1) is 0 Å². The molecule has 0 heterocycles. The number of hydrogen-bond acceptors (Lipinski definition) is 1. The van der Waals surface area contributed by atoms with Crippen molar-refractivity contribution in [3.63, 3.8) is 0 Å². The predicted molar refractivity (Wildman–Crippen MR) is 80.8 cm³/mol. The Morgan fingerprint density at radius 1 is 0.947 bits per heavy atom. The van der Waals surface area contributed by atoms with E-state index in [1.54, 1.807) is 0 Å². The van der Waals surface area contributed by atoms with Crippen LogP contribution in [0.15, 0.2) is 48.5 Å². The van der Waals surface area contributed by atoms with Gasteiger partial charge in [-0.15, -0.1) is 0 Å². The van der Waals surface area contributed by atoms with Crippen LogP contribution in [0, 0.1) is 0 Å². The molecule has 0 radical (unpaired) electrons. The Labute approximate surface area is 115 Å². The highest BCUT2D eigenvalue weighted by Gasteiger charge is 2.14. The molecule has 0 unspecified atom stereocenters. The molecule has 0 aliphatic carbocycles. The second-order valence-electron chi connectivity index (χ2n) is 5.26. The molecule has 2 aromatic rings. The second kappa shape index (κ2) is 5.92. The summed E-state index contributed by atoms with van der Waals surface area (Å²) in [7, 11) is 0. The molecule has 0 aromatic heterocycles. The summed E-state index contributed by atoms with van der Waals surface area (Å²) >= 11 is 0. The molecular weight excluding hydrogens is 232 g/mol. The first-order valence-electron chi connectivity index (χ1n) is 7.01. The monoisotopic (exact) mass is 254 g/mol. The van der Waals surface area contributed by atoms with Crippen LogP contribution in [0.4, 0.5) is 0 Å². The second-order valence-corrected chi connectivity index (χ2v) is 5.26. The van der Waals surface area contributed by atoms with Crippen LogP contribution in [0.2, 0.25) is 0 Å². The van der Waals surface area contributed by atoms with Gasteiger partial charge >= 0.3 is 0 Å². The summed E-state index contributed by atoms with van der Waals surface area (Å²) in [5, 5.41) is 10.1. The van der Waals surface area contributed by atoms with Gasteiger partial charge in [-0.2, -0.15) is 0 Å². The summed E-state index contributed by atoms with van der Waals surface area (Å²) in [4.78, 5) is 0.